The van der Waals surface area contributed by atoms with Crippen LogP contribution >= 0.6 is 27.3 Å². The number of aliphatic hydroxyl groups is 1. The fourth-order valence-electron chi connectivity index (χ4n) is 1.66. The third-order valence-electron chi connectivity index (χ3n) is 2.94. The van der Waals surface area contributed by atoms with Crippen molar-refractivity contribution in [3.63, 3.8) is 0 Å². The van der Waals surface area contributed by atoms with Crippen LogP contribution in [0.3, 0.4) is 0 Å². The second-order valence-electron chi connectivity index (χ2n) is 4.16. The summed E-state index contributed by atoms with van der Waals surface area (Å²) in [6.45, 7) is 0.375. The molecule has 1 heterocycles. The number of halogens is 1. The molecule has 1 aromatic rings. The van der Waals surface area contributed by atoms with Gasteiger partial charge in [-0.25, -0.2) is 13.1 Å². The minimum atomic E-state index is -3.45. The topological polar surface area (TPSA) is 66.4 Å². The van der Waals surface area contributed by atoms with Crippen molar-refractivity contribution in [2.45, 2.75) is 30.8 Å². The number of hydrogen-bond donors (Lipinski definition) is 2. The highest BCUT2D eigenvalue weighted by Gasteiger charge is 2.24. The van der Waals surface area contributed by atoms with Crippen molar-refractivity contribution in [3.8, 4) is 0 Å². The molecule has 0 saturated heterocycles. The number of hydrogen-bond acceptors (Lipinski definition) is 4. The molecule has 2 N–H and O–H groups in total. The van der Waals surface area contributed by atoms with Crippen LogP contribution in [0.15, 0.2) is 14.7 Å². The van der Waals surface area contributed by atoms with Crippen LogP contribution in [0.2, 0.25) is 0 Å². The van der Waals surface area contributed by atoms with Gasteiger partial charge in [0.15, 0.2) is 0 Å². The summed E-state index contributed by atoms with van der Waals surface area (Å²) in [5.74, 6) is 0.486. The zero-order valence-electron chi connectivity index (χ0n) is 9.15. The molecule has 0 amide bonds. The molecule has 1 saturated carbocycles. The monoisotopic (exact) mass is 339 g/mol. The van der Waals surface area contributed by atoms with Crippen molar-refractivity contribution < 1.29 is 13.5 Å². The minimum Gasteiger partial charge on any atom is -0.391 e. The average Bonchev–Trinajstić information content (AvgIpc) is 2.58. The first-order chi connectivity index (χ1) is 8.03. The van der Waals surface area contributed by atoms with E-state index in [1.165, 1.54) is 23.8 Å². The van der Waals surface area contributed by atoms with E-state index in [1.54, 1.807) is 0 Å². The SMILES string of the molecule is O=S(=O)(NCC1CCC1)c1cc(CO)sc1Br. The van der Waals surface area contributed by atoms with E-state index in [1.807, 2.05) is 0 Å². The second-order valence-corrected chi connectivity index (χ2v) is 8.35. The fraction of sp³-hybridized carbons (Fsp3) is 0.600. The summed E-state index contributed by atoms with van der Waals surface area (Å²) in [4.78, 5) is 0.867. The maximum Gasteiger partial charge on any atom is 0.242 e. The standard InChI is InChI=1S/C10H14BrNO3S2/c11-10-9(4-8(6-13)16-10)17(14,15)12-5-7-2-1-3-7/h4,7,12-13H,1-3,5-6H2. The van der Waals surface area contributed by atoms with Crippen molar-refractivity contribution in [1.29, 1.82) is 0 Å². The Hall–Kier alpha value is 0.0500. The van der Waals surface area contributed by atoms with Crippen molar-refractivity contribution in [2.24, 2.45) is 5.92 Å². The van der Waals surface area contributed by atoms with Gasteiger partial charge in [0, 0.05) is 11.4 Å². The van der Waals surface area contributed by atoms with Crippen LogP contribution in [-0.2, 0) is 16.6 Å². The molecule has 4 nitrogen and oxygen atoms in total. The van der Waals surface area contributed by atoms with E-state index in [2.05, 4.69) is 20.7 Å². The van der Waals surface area contributed by atoms with Crippen LogP contribution in [-0.4, -0.2) is 20.1 Å². The maximum absolute atomic E-state index is 12.0. The minimum absolute atomic E-state index is 0.137. The van der Waals surface area contributed by atoms with Crippen LogP contribution in [0.25, 0.3) is 0 Å². The van der Waals surface area contributed by atoms with Gasteiger partial charge in [0.25, 0.3) is 0 Å². The summed E-state index contributed by atoms with van der Waals surface area (Å²) < 4.78 is 27.2. The van der Waals surface area contributed by atoms with E-state index >= 15 is 0 Å². The number of thiophene rings is 1. The van der Waals surface area contributed by atoms with Crippen molar-refractivity contribution in [2.75, 3.05) is 6.54 Å². The van der Waals surface area contributed by atoms with Crippen molar-refractivity contribution >= 4 is 37.3 Å². The Morgan fingerprint density at radius 3 is 2.71 bits per heavy atom. The predicted octanol–water partition coefficient (Wildman–Crippen LogP) is 2.08. The molecule has 1 aliphatic rings. The van der Waals surface area contributed by atoms with Gasteiger partial charge in [0.05, 0.1) is 10.4 Å². The molecule has 0 aliphatic heterocycles. The highest BCUT2D eigenvalue weighted by Crippen LogP contribution is 2.32. The first-order valence-electron chi connectivity index (χ1n) is 5.41. The van der Waals surface area contributed by atoms with Crippen LogP contribution < -0.4 is 4.72 Å². The lowest BCUT2D eigenvalue weighted by Crippen LogP contribution is -2.32. The van der Waals surface area contributed by atoms with Crippen LogP contribution in [0.1, 0.15) is 24.1 Å². The second kappa shape index (κ2) is 5.36. The molecule has 17 heavy (non-hydrogen) atoms. The summed E-state index contributed by atoms with van der Waals surface area (Å²) >= 11 is 4.46. The van der Waals surface area contributed by atoms with Gasteiger partial charge < -0.3 is 5.11 Å². The Morgan fingerprint density at radius 2 is 2.24 bits per heavy atom. The summed E-state index contributed by atoms with van der Waals surface area (Å²) in [5.41, 5.74) is 0. The van der Waals surface area contributed by atoms with E-state index in [0.717, 1.165) is 12.8 Å². The molecule has 2 rings (SSSR count). The lowest BCUT2D eigenvalue weighted by atomic mass is 9.86. The van der Waals surface area contributed by atoms with Gasteiger partial charge in [-0.15, -0.1) is 11.3 Å². The summed E-state index contributed by atoms with van der Waals surface area (Å²) in [5, 5.41) is 8.98. The van der Waals surface area contributed by atoms with E-state index in [0.29, 0.717) is 21.1 Å². The summed E-state index contributed by atoms with van der Waals surface area (Å²) in [7, 11) is -3.45. The molecule has 7 heteroatoms. The van der Waals surface area contributed by atoms with Crippen LogP contribution in [0, 0.1) is 5.92 Å². The number of aliphatic hydroxyl groups excluding tert-OH is 1. The number of nitrogens with one attached hydrogen (secondary N) is 1. The van der Waals surface area contributed by atoms with Crippen molar-refractivity contribution in [3.05, 3.63) is 14.7 Å². The van der Waals surface area contributed by atoms with E-state index in [-0.39, 0.29) is 11.5 Å². The van der Waals surface area contributed by atoms with Crippen LogP contribution in [0.4, 0.5) is 0 Å². The smallest absolute Gasteiger partial charge is 0.242 e. The highest BCUT2D eigenvalue weighted by atomic mass is 79.9. The molecule has 0 radical (unpaired) electrons. The van der Waals surface area contributed by atoms with Crippen LogP contribution in [0.5, 0.6) is 0 Å². The van der Waals surface area contributed by atoms with Gasteiger partial charge in [0.2, 0.25) is 10.0 Å². The molecule has 1 aromatic heterocycles. The number of rotatable bonds is 5. The van der Waals surface area contributed by atoms with E-state index < -0.39 is 10.0 Å². The molecule has 96 valence electrons. The molecule has 0 unspecified atom stereocenters. The largest absolute Gasteiger partial charge is 0.391 e. The Balaban J connectivity index is 2.09. The first kappa shape index (κ1) is 13.5. The normalized spacial score (nSPS) is 17.1. The molecule has 0 atom stereocenters. The molecular weight excluding hydrogens is 326 g/mol. The summed E-state index contributed by atoms with van der Waals surface area (Å²) in [6, 6.07) is 1.51. The third kappa shape index (κ3) is 3.08. The zero-order valence-corrected chi connectivity index (χ0v) is 12.4. The molecule has 0 bridgehead atoms. The van der Waals surface area contributed by atoms with Gasteiger partial charge >= 0.3 is 0 Å². The van der Waals surface area contributed by atoms with Gasteiger partial charge in [-0.05, 0) is 40.8 Å². The van der Waals surface area contributed by atoms with Crippen molar-refractivity contribution in [1.82, 2.24) is 4.72 Å². The van der Waals surface area contributed by atoms with Gasteiger partial charge in [-0.3, -0.25) is 0 Å². The maximum atomic E-state index is 12.0. The molecule has 0 spiro atoms. The Labute approximate surface area is 113 Å². The van der Waals surface area contributed by atoms with Gasteiger partial charge in [-0.2, -0.15) is 0 Å². The molecular formula is C10H14BrNO3S2. The average molecular weight is 340 g/mol. The highest BCUT2D eigenvalue weighted by molar-refractivity contribution is 9.11. The Morgan fingerprint density at radius 1 is 1.53 bits per heavy atom. The molecule has 1 fully saturated rings. The molecule has 1 aliphatic carbocycles. The fourth-order valence-corrected chi connectivity index (χ4v) is 5.32. The molecule has 0 aromatic carbocycles. The third-order valence-corrected chi connectivity index (χ3v) is 6.60. The Kier molecular flexibility index (Phi) is 4.25. The zero-order chi connectivity index (χ0) is 12.5. The quantitative estimate of drug-likeness (QED) is 0.863. The number of sulfonamides is 1. The first-order valence-corrected chi connectivity index (χ1v) is 8.51. The predicted molar refractivity (Wildman–Crippen MR) is 70.5 cm³/mol. The van der Waals surface area contributed by atoms with Gasteiger partial charge in [-0.1, -0.05) is 6.42 Å². The lowest BCUT2D eigenvalue weighted by Gasteiger charge is -2.25. The Bertz CT molecular complexity index is 494. The van der Waals surface area contributed by atoms with Gasteiger partial charge in [0.1, 0.15) is 4.90 Å². The van der Waals surface area contributed by atoms with E-state index in [9.17, 15) is 8.42 Å². The lowest BCUT2D eigenvalue weighted by molar-refractivity contribution is 0.285. The van der Waals surface area contributed by atoms with E-state index in [4.69, 9.17) is 5.11 Å². The summed E-state index contributed by atoms with van der Waals surface area (Å²) in [6.07, 6.45) is 3.41.